The topological polar surface area (TPSA) is 26.0 Å². The Kier molecular flexibility index (Phi) is 4.24. The largest absolute Gasteiger partial charge is 0.324 e. The molecule has 0 heterocycles. The first-order valence-corrected chi connectivity index (χ1v) is 6.97. The fourth-order valence-electron chi connectivity index (χ4n) is 2.27. The summed E-state index contributed by atoms with van der Waals surface area (Å²) in [5, 5.41) is 0. The Balaban J connectivity index is 2.11. The molecule has 20 heavy (non-hydrogen) atoms. The van der Waals surface area contributed by atoms with Crippen LogP contribution in [-0.4, -0.2) is 0 Å². The number of benzene rings is 2. The highest BCUT2D eigenvalue weighted by Crippen LogP contribution is 2.24. The minimum Gasteiger partial charge on any atom is -0.324 e. The van der Waals surface area contributed by atoms with Crippen LogP contribution in [0.15, 0.2) is 48.5 Å². The third-order valence-corrected chi connectivity index (χ3v) is 3.55. The van der Waals surface area contributed by atoms with Crippen LogP contribution in [0.25, 0.3) is 0 Å². The van der Waals surface area contributed by atoms with Gasteiger partial charge in [-0.05, 0) is 40.7 Å². The highest BCUT2D eigenvalue weighted by Gasteiger charge is 2.14. The SMILES string of the molecule is CC(C)(C)c1ccc(C(N)Cc2cccc(F)c2)cc1. The lowest BCUT2D eigenvalue weighted by Crippen LogP contribution is -2.15. The molecule has 0 aromatic heterocycles. The Hall–Kier alpha value is -1.67. The van der Waals surface area contributed by atoms with Gasteiger partial charge in [-0.25, -0.2) is 4.39 Å². The van der Waals surface area contributed by atoms with Crippen LogP contribution < -0.4 is 5.73 Å². The van der Waals surface area contributed by atoms with Crippen LogP contribution in [0.3, 0.4) is 0 Å². The zero-order chi connectivity index (χ0) is 14.8. The van der Waals surface area contributed by atoms with Crippen LogP contribution >= 0.6 is 0 Å². The van der Waals surface area contributed by atoms with Gasteiger partial charge in [0, 0.05) is 6.04 Å². The molecule has 1 unspecified atom stereocenters. The summed E-state index contributed by atoms with van der Waals surface area (Å²) in [4.78, 5) is 0. The van der Waals surface area contributed by atoms with Gasteiger partial charge in [-0.15, -0.1) is 0 Å². The molecule has 106 valence electrons. The Morgan fingerprint density at radius 1 is 1.05 bits per heavy atom. The third kappa shape index (κ3) is 3.67. The van der Waals surface area contributed by atoms with Gasteiger partial charge in [-0.1, -0.05) is 57.2 Å². The van der Waals surface area contributed by atoms with Gasteiger partial charge in [0.15, 0.2) is 0 Å². The molecule has 2 rings (SSSR count). The first-order chi connectivity index (χ1) is 9.36. The summed E-state index contributed by atoms with van der Waals surface area (Å²) in [7, 11) is 0. The van der Waals surface area contributed by atoms with E-state index in [1.165, 1.54) is 11.6 Å². The van der Waals surface area contributed by atoms with E-state index < -0.39 is 0 Å². The number of rotatable bonds is 3. The second-order valence-corrected chi connectivity index (χ2v) is 6.31. The average molecular weight is 271 g/mol. The van der Waals surface area contributed by atoms with E-state index in [1.807, 2.05) is 6.07 Å². The molecule has 2 N–H and O–H groups in total. The van der Waals surface area contributed by atoms with E-state index in [0.29, 0.717) is 6.42 Å². The summed E-state index contributed by atoms with van der Waals surface area (Å²) < 4.78 is 13.2. The van der Waals surface area contributed by atoms with Crippen molar-refractivity contribution in [2.24, 2.45) is 5.73 Å². The smallest absolute Gasteiger partial charge is 0.123 e. The monoisotopic (exact) mass is 271 g/mol. The Bertz CT molecular complexity index is 567. The zero-order valence-electron chi connectivity index (χ0n) is 12.4. The highest BCUT2D eigenvalue weighted by molar-refractivity contribution is 5.30. The normalized spacial score (nSPS) is 13.2. The van der Waals surface area contributed by atoms with Gasteiger partial charge in [-0.2, -0.15) is 0 Å². The molecular weight excluding hydrogens is 249 g/mol. The molecule has 0 amide bonds. The van der Waals surface area contributed by atoms with E-state index >= 15 is 0 Å². The maximum Gasteiger partial charge on any atom is 0.123 e. The van der Waals surface area contributed by atoms with E-state index in [0.717, 1.165) is 11.1 Å². The van der Waals surface area contributed by atoms with Gasteiger partial charge in [0.05, 0.1) is 0 Å². The van der Waals surface area contributed by atoms with E-state index in [-0.39, 0.29) is 17.3 Å². The Morgan fingerprint density at radius 3 is 2.25 bits per heavy atom. The fraction of sp³-hybridized carbons (Fsp3) is 0.333. The lowest BCUT2D eigenvalue weighted by Gasteiger charge is -2.20. The number of hydrogen-bond donors (Lipinski definition) is 1. The zero-order valence-corrected chi connectivity index (χ0v) is 12.4. The summed E-state index contributed by atoms with van der Waals surface area (Å²) in [6, 6.07) is 14.9. The summed E-state index contributed by atoms with van der Waals surface area (Å²) in [5.41, 5.74) is 9.66. The molecule has 2 aromatic carbocycles. The number of hydrogen-bond acceptors (Lipinski definition) is 1. The van der Waals surface area contributed by atoms with Crippen LogP contribution in [0.5, 0.6) is 0 Å². The average Bonchev–Trinajstić information content (AvgIpc) is 2.38. The molecule has 0 spiro atoms. The second-order valence-electron chi connectivity index (χ2n) is 6.31. The molecule has 1 atom stereocenters. The van der Waals surface area contributed by atoms with Crippen LogP contribution in [0.2, 0.25) is 0 Å². The van der Waals surface area contributed by atoms with Crippen LogP contribution in [0.1, 0.15) is 43.5 Å². The van der Waals surface area contributed by atoms with Gasteiger partial charge >= 0.3 is 0 Å². The third-order valence-electron chi connectivity index (χ3n) is 3.55. The van der Waals surface area contributed by atoms with Gasteiger partial charge in [0.1, 0.15) is 5.82 Å². The van der Waals surface area contributed by atoms with Gasteiger partial charge < -0.3 is 5.73 Å². The lowest BCUT2D eigenvalue weighted by atomic mass is 9.86. The minimum absolute atomic E-state index is 0.106. The van der Waals surface area contributed by atoms with E-state index in [1.54, 1.807) is 12.1 Å². The van der Waals surface area contributed by atoms with Crippen LogP contribution in [0, 0.1) is 5.82 Å². The van der Waals surface area contributed by atoms with Gasteiger partial charge in [-0.3, -0.25) is 0 Å². The minimum atomic E-state index is -0.210. The molecule has 0 aliphatic carbocycles. The highest BCUT2D eigenvalue weighted by atomic mass is 19.1. The summed E-state index contributed by atoms with van der Waals surface area (Å²) in [6.07, 6.45) is 0.645. The number of nitrogens with two attached hydrogens (primary N) is 1. The Labute approximate surface area is 120 Å². The molecule has 0 saturated carbocycles. The maximum atomic E-state index is 13.2. The first-order valence-electron chi connectivity index (χ1n) is 6.97. The molecule has 0 aliphatic heterocycles. The van der Waals surface area contributed by atoms with Crippen LogP contribution in [0.4, 0.5) is 4.39 Å². The van der Waals surface area contributed by atoms with Crippen molar-refractivity contribution in [2.45, 2.75) is 38.6 Å². The molecule has 2 heteroatoms. The van der Waals surface area contributed by atoms with Crippen molar-refractivity contribution in [2.75, 3.05) is 0 Å². The van der Waals surface area contributed by atoms with E-state index in [2.05, 4.69) is 45.0 Å². The predicted octanol–water partition coefficient (Wildman–Crippen LogP) is 4.37. The molecule has 1 nitrogen and oxygen atoms in total. The predicted molar refractivity (Wildman–Crippen MR) is 82.2 cm³/mol. The summed E-state index contributed by atoms with van der Waals surface area (Å²) in [6.45, 7) is 6.57. The van der Waals surface area contributed by atoms with Crippen molar-refractivity contribution >= 4 is 0 Å². The van der Waals surface area contributed by atoms with Crippen LogP contribution in [-0.2, 0) is 11.8 Å². The lowest BCUT2D eigenvalue weighted by molar-refractivity contribution is 0.589. The second kappa shape index (κ2) is 5.76. The first kappa shape index (κ1) is 14.7. The van der Waals surface area contributed by atoms with Gasteiger partial charge in [0.2, 0.25) is 0 Å². The van der Waals surface area contributed by atoms with Crippen molar-refractivity contribution < 1.29 is 4.39 Å². The van der Waals surface area contributed by atoms with Crippen molar-refractivity contribution in [3.63, 3.8) is 0 Å². The number of halogens is 1. The van der Waals surface area contributed by atoms with Crippen molar-refractivity contribution in [3.05, 3.63) is 71.0 Å². The van der Waals surface area contributed by atoms with Gasteiger partial charge in [0.25, 0.3) is 0 Å². The standard InChI is InChI=1S/C18H22FN/c1-18(2,3)15-9-7-14(8-10-15)17(20)12-13-5-4-6-16(19)11-13/h4-11,17H,12,20H2,1-3H3. The fourth-order valence-corrected chi connectivity index (χ4v) is 2.27. The van der Waals surface area contributed by atoms with Crippen molar-refractivity contribution in [1.29, 1.82) is 0 Å². The molecule has 2 aromatic rings. The molecule has 0 saturated heterocycles. The molecule has 0 radical (unpaired) electrons. The van der Waals surface area contributed by atoms with Crippen molar-refractivity contribution in [1.82, 2.24) is 0 Å². The summed E-state index contributed by atoms with van der Waals surface area (Å²) in [5.74, 6) is -0.210. The molecule has 0 fully saturated rings. The Morgan fingerprint density at radius 2 is 1.70 bits per heavy atom. The van der Waals surface area contributed by atoms with E-state index in [4.69, 9.17) is 5.73 Å². The van der Waals surface area contributed by atoms with Crippen molar-refractivity contribution in [3.8, 4) is 0 Å². The quantitative estimate of drug-likeness (QED) is 0.881. The van der Waals surface area contributed by atoms with E-state index in [9.17, 15) is 4.39 Å². The summed E-state index contributed by atoms with van der Waals surface area (Å²) >= 11 is 0. The molecule has 0 bridgehead atoms. The maximum absolute atomic E-state index is 13.2. The molecule has 0 aliphatic rings. The molecular formula is C18H22FN.